The van der Waals surface area contributed by atoms with Crippen molar-refractivity contribution in [1.29, 1.82) is 0 Å². The SMILES string of the molecule is NC(=O)c1ccc(Cl)c(-c2nc(=O)n(Cc3ccc(F)cc3)s2)c1. The van der Waals surface area contributed by atoms with Crippen molar-refractivity contribution in [1.82, 2.24) is 8.94 Å². The van der Waals surface area contributed by atoms with Crippen molar-refractivity contribution < 1.29 is 9.18 Å². The molecular weight excluding hydrogens is 353 g/mol. The molecule has 0 unspecified atom stereocenters. The molecule has 0 fully saturated rings. The minimum absolute atomic E-state index is 0.268. The number of hydrogen-bond acceptors (Lipinski definition) is 4. The topological polar surface area (TPSA) is 78.0 Å². The molecular formula is C16H11ClFN3O2S. The van der Waals surface area contributed by atoms with Crippen LogP contribution in [0.1, 0.15) is 15.9 Å². The van der Waals surface area contributed by atoms with E-state index < -0.39 is 11.6 Å². The Labute approximate surface area is 145 Å². The Balaban J connectivity index is 1.97. The van der Waals surface area contributed by atoms with Crippen LogP contribution >= 0.6 is 23.1 Å². The molecule has 0 atom stereocenters. The van der Waals surface area contributed by atoms with Gasteiger partial charge in [-0.3, -0.25) is 4.79 Å². The number of nitrogens with zero attached hydrogens (tertiary/aromatic N) is 2. The molecule has 0 radical (unpaired) electrons. The number of amides is 1. The molecule has 2 N–H and O–H groups in total. The third-order valence-electron chi connectivity index (χ3n) is 3.33. The fourth-order valence-corrected chi connectivity index (χ4v) is 3.30. The molecule has 2 aromatic carbocycles. The van der Waals surface area contributed by atoms with Gasteiger partial charge in [0.05, 0.1) is 11.6 Å². The second-order valence-corrected chi connectivity index (χ2v) is 6.43. The molecule has 0 bridgehead atoms. The van der Waals surface area contributed by atoms with Crippen LogP contribution in [0.15, 0.2) is 47.3 Å². The number of nitrogens with two attached hydrogens (primary N) is 1. The molecule has 0 aliphatic heterocycles. The van der Waals surface area contributed by atoms with Crippen LogP contribution < -0.4 is 11.4 Å². The van der Waals surface area contributed by atoms with Gasteiger partial charge in [-0.05, 0) is 47.4 Å². The maximum absolute atomic E-state index is 12.9. The zero-order chi connectivity index (χ0) is 17.3. The Morgan fingerprint density at radius 2 is 1.96 bits per heavy atom. The summed E-state index contributed by atoms with van der Waals surface area (Å²) < 4.78 is 14.4. The van der Waals surface area contributed by atoms with E-state index in [0.717, 1.165) is 17.1 Å². The monoisotopic (exact) mass is 363 g/mol. The number of rotatable bonds is 4. The van der Waals surface area contributed by atoms with Crippen LogP contribution in [0.25, 0.3) is 10.6 Å². The summed E-state index contributed by atoms with van der Waals surface area (Å²) in [6.45, 7) is 0.268. The maximum Gasteiger partial charge on any atom is 0.358 e. The first-order chi connectivity index (χ1) is 11.4. The molecule has 0 spiro atoms. The van der Waals surface area contributed by atoms with Gasteiger partial charge in [0.15, 0.2) is 0 Å². The molecule has 24 heavy (non-hydrogen) atoms. The van der Waals surface area contributed by atoms with Crippen LogP contribution in [-0.4, -0.2) is 14.8 Å². The number of aromatic nitrogens is 2. The Hall–Kier alpha value is -2.51. The van der Waals surface area contributed by atoms with Crippen LogP contribution in [0.2, 0.25) is 5.02 Å². The molecule has 1 aromatic heterocycles. The summed E-state index contributed by atoms with van der Waals surface area (Å²) in [5, 5.41) is 0.748. The van der Waals surface area contributed by atoms with Gasteiger partial charge >= 0.3 is 5.69 Å². The third kappa shape index (κ3) is 3.37. The lowest BCUT2D eigenvalue weighted by Crippen LogP contribution is -2.15. The van der Waals surface area contributed by atoms with E-state index in [1.807, 2.05) is 0 Å². The molecule has 0 aliphatic carbocycles. The highest BCUT2D eigenvalue weighted by atomic mass is 35.5. The molecule has 0 saturated heterocycles. The Kier molecular flexibility index (Phi) is 4.46. The van der Waals surface area contributed by atoms with Gasteiger partial charge in [0.2, 0.25) is 5.91 Å². The highest BCUT2D eigenvalue weighted by Gasteiger charge is 2.14. The van der Waals surface area contributed by atoms with E-state index in [-0.39, 0.29) is 17.9 Å². The smallest absolute Gasteiger partial charge is 0.358 e. The summed E-state index contributed by atoms with van der Waals surface area (Å²) in [6, 6.07) is 10.4. The van der Waals surface area contributed by atoms with Gasteiger partial charge in [-0.2, -0.15) is 4.98 Å². The van der Waals surface area contributed by atoms with E-state index in [2.05, 4.69) is 4.98 Å². The number of carbonyl (C=O) groups is 1. The highest BCUT2D eigenvalue weighted by Crippen LogP contribution is 2.29. The largest absolute Gasteiger partial charge is 0.366 e. The zero-order valence-electron chi connectivity index (χ0n) is 12.2. The number of carbonyl (C=O) groups excluding carboxylic acids is 1. The molecule has 0 saturated carbocycles. The summed E-state index contributed by atoms with van der Waals surface area (Å²) in [6.07, 6.45) is 0. The first kappa shape index (κ1) is 16.4. The first-order valence-electron chi connectivity index (χ1n) is 6.86. The van der Waals surface area contributed by atoms with Crippen molar-refractivity contribution in [3.8, 4) is 10.6 Å². The van der Waals surface area contributed by atoms with Crippen molar-refractivity contribution in [2.75, 3.05) is 0 Å². The number of primary amides is 1. The Morgan fingerprint density at radius 1 is 1.25 bits per heavy atom. The quantitative estimate of drug-likeness (QED) is 0.774. The number of benzene rings is 2. The van der Waals surface area contributed by atoms with Crippen molar-refractivity contribution in [3.63, 3.8) is 0 Å². The van der Waals surface area contributed by atoms with Crippen molar-refractivity contribution in [3.05, 3.63) is 74.9 Å². The number of hydrogen-bond donors (Lipinski definition) is 1. The first-order valence-corrected chi connectivity index (χ1v) is 8.01. The van der Waals surface area contributed by atoms with Gasteiger partial charge in [-0.1, -0.05) is 23.7 Å². The molecule has 5 nitrogen and oxygen atoms in total. The van der Waals surface area contributed by atoms with Crippen molar-refractivity contribution in [2.24, 2.45) is 5.73 Å². The van der Waals surface area contributed by atoms with E-state index >= 15 is 0 Å². The molecule has 8 heteroatoms. The average molecular weight is 364 g/mol. The average Bonchev–Trinajstić information content (AvgIpc) is 2.90. The lowest BCUT2D eigenvalue weighted by Gasteiger charge is -2.03. The van der Waals surface area contributed by atoms with E-state index in [9.17, 15) is 14.0 Å². The van der Waals surface area contributed by atoms with Crippen LogP contribution in [0.4, 0.5) is 4.39 Å². The van der Waals surface area contributed by atoms with Gasteiger partial charge in [0.1, 0.15) is 10.8 Å². The van der Waals surface area contributed by atoms with Gasteiger partial charge in [-0.25, -0.2) is 13.1 Å². The van der Waals surface area contributed by atoms with E-state index in [1.165, 1.54) is 34.3 Å². The fraction of sp³-hybridized carbons (Fsp3) is 0.0625. The van der Waals surface area contributed by atoms with E-state index in [4.69, 9.17) is 17.3 Å². The van der Waals surface area contributed by atoms with Crippen LogP contribution in [0, 0.1) is 5.82 Å². The molecule has 122 valence electrons. The highest BCUT2D eigenvalue weighted by molar-refractivity contribution is 7.09. The third-order valence-corrected chi connectivity index (χ3v) is 4.65. The van der Waals surface area contributed by atoms with E-state index in [1.54, 1.807) is 12.1 Å². The normalized spacial score (nSPS) is 10.8. The summed E-state index contributed by atoms with van der Waals surface area (Å²) in [5.41, 5.74) is 6.33. The predicted octanol–water partition coefficient (Wildman–Crippen LogP) is 2.91. The minimum atomic E-state index is -0.592. The van der Waals surface area contributed by atoms with E-state index in [0.29, 0.717) is 15.6 Å². The minimum Gasteiger partial charge on any atom is -0.366 e. The lowest BCUT2D eigenvalue weighted by atomic mass is 10.1. The van der Waals surface area contributed by atoms with Crippen molar-refractivity contribution >= 4 is 29.0 Å². The standard InChI is InChI=1S/C16H11ClFN3O2S/c17-13-6-3-10(14(19)22)7-12(13)15-20-16(23)21(24-15)8-9-1-4-11(18)5-2-9/h1-7H,8H2,(H2,19,22). The molecule has 1 amide bonds. The number of halogens is 2. The summed E-state index contributed by atoms with van der Waals surface area (Å²) in [5.74, 6) is -0.933. The van der Waals surface area contributed by atoms with Gasteiger partial charge in [-0.15, -0.1) is 0 Å². The van der Waals surface area contributed by atoms with Crippen molar-refractivity contribution in [2.45, 2.75) is 6.54 Å². The Morgan fingerprint density at radius 3 is 2.62 bits per heavy atom. The Bertz CT molecular complexity index is 966. The predicted molar refractivity (Wildman–Crippen MR) is 90.8 cm³/mol. The second kappa shape index (κ2) is 6.54. The second-order valence-electron chi connectivity index (χ2n) is 5.01. The van der Waals surface area contributed by atoms with Crippen LogP contribution in [0.5, 0.6) is 0 Å². The molecule has 0 aliphatic rings. The van der Waals surface area contributed by atoms with Crippen LogP contribution in [0.3, 0.4) is 0 Å². The van der Waals surface area contributed by atoms with Crippen LogP contribution in [-0.2, 0) is 6.54 Å². The summed E-state index contributed by atoms with van der Waals surface area (Å²) in [7, 11) is 0. The van der Waals surface area contributed by atoms with Gasteiger partial charge < -0.3 is 5.73 Å². The maximum atomic E-state index is 12.9. The lowest BCUT2D eigenvalue weighted by molar-refractivity contribution is 0.100. The zero-order valence-corrected chi connectivity index (χ0v) is 13.8. The summed E-state index contributed by atoms with van der Waals surface area (Å²) in [4.78, 5) is 27.3. The van der Waals surface area contributed by atoms with Gasteiger partial charge in [0, 0.05) is 11.1 Å². The molecule has 3 rings (SSSR count). The fourth-order valence-electron chi connectivity index (χ4n) is 2.11. The molecule has 1 heterocycles. The van der Waals surface area contributed by atoms with Gasteiger partial charge in [0.25, 0.3) is 0 Å². The molecule has 3 aromatic rings. The summed E-state index contributed by atoms with van der Waals surface area (Å²) >= 11 is 7.25.